The summed E-state index contributed by atoms with van der Waals surface area (Å²) in [4.78, 5) is 25.9. The Morgan fingerprint density at radius 1 is 1.40 bits per heavy atom. The lowest BCUT2D eigenvalue weighted by Crippen LogP contribution is -2.50. The van der Waals surface area contributed by atoms with Crippen LogP contribution in [0.4, 0.5) is 4.79 Å². The lowest BCUT2D eigenvalue weighted by Gasteiger charge is -2.46. The number of rotatable bonds is 5. The van der Waals surface area contributed by atoms with Gasteiger partial charge in [-0.05, 0) is 30.1 Å². The van der Waals surface area contributed by atoms with Crippen molar-refractivity contribution in [2.45, 2.75) is 46.1 Å². The number of carbonyl (C=O) groups excluding carboxylic acids is 2. The third kappa shape index (κ3) is 5.55. The van der Waals surface area contributed by atoms with Crippen molar-refractivity contribution in [3.05, 3.63) is 0 Å². The van der Waals surface area contributed by atoms with Crippen LogP contribution in [-0.2, 0) is 4.79 Å². The molecule has 2 amide bonds. The highest BCUT2D eigenvalue weighted by atomic mass is 32.1. The predicted molar refractivity (Wildman–Crippen MR) is 82.9 cm³/mol. The van der Waals surface area contributed by atoms with E-state index in [1.165, 1.54) is 0 Å². The van der Waals surface area contributed by atoms with Crippen LogP contribution in [0.15, 0.2) is 4.99 Å². The third-order valence-electron chi connectivity index (χ3n) is 3.70. The summed E-state index contributed by atoms with van der Waals surface area (Å²) in [5, 5.41) is 5.78. The molecule has 2 unspecified atom stereocenters. The van der Waals surface area contributed by atoms with E-state index in [1.54, 1.807) is 6.08 Å². The zero-order valence-corrected chi connectivity index (χ0v) is 13.4. The molecule has 0 saturated heterocycles. The summed E-state index contributed by atoms with van der Waals surface area (Å²) in [6.07, 6.45) is 4.37. The summed E-state index contributed by atoms with van der Waals surface area (Å²) < 4.78 is 0. The second-order valence-corrected chi connectivity index (χ2v) is 7.24. The zero-order valence-electron chi connectivity index (χ0n) is 12.5. The molecule has 5 nitrogen and oxygen atoms in total. The molecule has 0 radical (unpaired) electrons. The first kappa shape index (κ1) is 17.1. The summed E-state index contributed by atoms with van der Waals surface area (Å²) in [5.41, 5.74) is 0.0492. The molecule has 114 valence electrons. The molecule has 0 bridgehead atoms. The number of nitrogens with one attached hydrogen (secondary N) is 2. The van der Waals surface area contributed by atoms with E-state index in [4.69, 9.17) is 0 Å². The summed E-state index contributed by atoms with van der Waals surface area (Å²) >= 11 is 4.06. The van der Waals surface area contributed by atoms with Crippen LogP contribution in [0.1, 0.15) is 40.0 Å². The van der Waals surface area contributed by atoms with Crippen LogP contribution in [0.5, 0.6) is 0 Å². The average molecular weight is 299 g/mol. The van der Waals surface area contributed by atoms with Gasteiger partial charge in [0.1, 0.15) is 0 Å². The second-order valence-electron chi connectivity index (χ2n) is 6.79. The normalized spacial score (nSPS) is 28.3. The number of aliphatic imine (C=N–C) groups is 1. The minimum absolute atomic E-state index is 0.0688. The van der Waals surface area contributed by atoms with Gasteiger partial charge in [-0.2, -0.15) is 12.6 Å². The van der Waals surface area contributed by atoms with Crippen molar-refractivity contribution in [1.82, 2.24) is 10.6 Å². The van der Waals surface area contributed by atoms with Gasteiger partial charge in [0.25, 0.3) is 0 Å². The highest BCUT2D eigenvalue weighted by Crippen LogP contribution is 2.46. The van der Waals surface area contributed by atoms with Crippen molar-refractivity contribution in [1.29, 1.82) is 0 Å². The van der Waals surface area contributed by atoms with E-state index in [0.717, 1.165) is 19.3 Å². The molecule has 1 rings (SSSR count). The number of thiol groups is 1. The molecule has 1 aliphatic carbocycles. The molecule has 0 aromatic rings. The Bertz CT molecular complexity index is 394. The van der Waals surface area contributed by atoms with E-state index in [2.05, 4.69) is 49.0 Å². The number of isocyanates is 1. The standard InChI is InChI=1S/C14H25N3O2S/c1-13(2)6-11(17-12(19)16-4-5-20)7-14(3,8-13)9-15-10-18/h11,20H,4-9H2,1-3H3,(H2,16,17,19). The molecular weight excluding hydrogens is 274 g/mol. The Hall–Kier alpha value is -1.00. The van der Waals surface area contributed by atoms with Crippen molar-refractivity contribution in [2.75, 3.05) is 18.8 Å². The van der Waals surface area contributed by atoms with Crippen LogP contribution in [0, 0.1) is 10.8 Å². The summed E-state index contributed by atoms with van der Waals surface area (Å²) in [7, 11) is 0. The fraction of sp³-hybridized carbons (Fsp3) is 0.857. The SMILES string of the molecule is CC1(C)CC(NC(=O)NCCS)CC(C)(CN=C=O)C1. The topological polar surface area (TPSA) is 70.6 Å². The number of hydrogen-bond acceptors (Lipinski definition) is 4. The minimum Gasteiger partial charge on any atom is -0.337 e. The van der Waals surface area contributed by atoms with Gasteiger partial charge >= 0.3 is 6.03 Å². The molecule has 6 heteroatoms. The summed E-state index contributed by atoms with van der Waals surface area (Å²) in [5.74, 6) is 0.620. The first-order chi connectivity index (χ1) is 9.30. The van der Waals surface area contributed by atoms with Crippen molar-refractivity contribution in [3.8, 4) is 0 Å². The van der Waals surface area contributed by atoms with Gasteiger partial charge in [0.15, 0.2) is 0 Å². The van der Waals surface area contributed by atoms with Crippen molar-refractivity contribution in [2.24, 2.45) is 15.8 Å². The van der Waals surface area contributed by atoms with Crippen molar-refractivity contribution < 1.29 is 9.59 Å². The quantitative estimate of drug-likeness (QED) is 0.413. The van der Waals surface area contributed by atoms with Crippen molar-refractivity contribution >= 4 is 24.7 Å². The van der Waals surface area contributed by atoms with E-state index in [-0.39, 0.29) is 22.9 Å². The van der Waals surface area contributed by atoms with Gasteiger partial charge in [-0.15, -0.1) is 0 Å². The molecule has 1 fully saturated rings. The molecule has 2 atom stereocenters. The highest BCUT2D eigenvalue weighted by Gasteiger charge is 2.41. The monoisotopic (exact) mass is 299 g/mol. The van der Waals surface area contributed by atoms with Crippen LogP contribution in [0.3, 0.4) is 0 Å². The van der Waals surface area contributed by atoms with Crippen LogP contribution in [-0.4, -0.2) is 37.0 Å². The van der Waals surface area contributed by atoms with Gasteiger partial charge < -0.3 is 10.6 Å². The maximum absolute atomic E-state index is 11.8. The molecule has 0 aromatic carbocycles. The second kappa shape index (κ2) is 7.14. The first-order valence-electron chi connectivity index (χ1n) is 6.99. The minimum atomic E-state index is -0.150. The fourth-order valence-corrected chi connectivity index (χ4v) is 3.60. The van der Waals surface area contributed by atoms with Crippen LogP contribution >= 0.6 is 12.6 Å². The Morgan fingerprint density at radius 3 is 2.70 bits per heavy atom. The molecule has 0 aromatic heterocycles. The molecule has 1 aliphatic rings. The maximum atomic E-state index is 11.8. The van der Waals surface area contributed by atoms with Gasteiger partial charge in [-0.25, -0.2) is 14.6 Å². The van der Waals surface area contributed by atoms with Crippen molar-refractivity contribution in [3.63, 3.8) is 0 Å². The Kier molecular flexibility index (Phi) is 6.08. The Morgan fingerprint density at radius 2 is 2.10 bits per heavy atom. The third-order valence-corrected chi connectivity index (χ3v) is 3.93. The molecular formula is C14H25N3O2S. The van der Waals surface area contributed by atoms with Crippen LogP contribution in [0.25, 0.3) is 0 Å². The van der Waals surface area contributed by atoms with Crippen LogP contribution in [0.2, 0.25) is 0 Å². The Labute approximate surface area is 126 Å². The fourth-order valence-electron chi connectivity index (χ4n) is 3.49. The van der Waals surface area contributed by atoms with E-state index in [1.807, 2.05) is 0 Å². The van der Waals surface area contributed by atoms with Gasteiger partial charge in [-0.1, -0.05) is 20.8 Å². The lowest BCUT2D eigenvalue weighted by atomic mass is 9.62. The summed E-state index contributed by atoms with van der Waals surface area (Å²) in [6.45, 7) is 7.52. The number of urea groups is 1. The molecule has 20 heavy (non-hydrogen) atoms. The molecule has 0 heterocycles. The lowest BCUT2D eigenvalue weighted by molar-refractivity contribution is 0.0808. The number of carbonyl (C=O) groups is 1. The van der Waals surface area contributed by atoms with E-state index >= 15 is 0 Å². The molecule has 0 spiro atoms. The smallest absolute Gasteiger partial charge is 0.315 e. The predicted octanol–water partition coefficient (Wildman–Crippen LogP) is 2.14. The van der Waals surface area contributed by atoms with E-state index in [0.29, 0.717) is 18.8 Å². The summed E-state index contributed by atoms with van der Waals surface area (Å²) in [6, 6.07) is -0.0477. The first-order valence-corrected chi connectivity index (χ1v) is 7.62. The highest BCUT2D eigenvalue weighted by molar-refractivity contribution is 7.80. The number of nitrogens with zero attached hydrogens (tertiary/aromatic N) is 1. The van der Waals surface area contributed by atoms with Crippen LogP contribution < -0.4 is 10.6 Å². The maximum Gasteiger partial charge on any atom is 0.315 e. The zero-order chi connectivity index (χ0) is 15.2. The van der Waals surface area contributed by atoms with Gasteiger partial charge in [0, 0.05) is 18.3 Å². The Balaban J connectivity index is 2.67. The molecule has 1 saturated carbocycles. The molecule has 2 N–H and O–H groups in total. The van der Waals surface area contributed by atoms with E-state index in [9.17, 15) is 9.59 Å². The van der Waals surface area contributed by atoms with Gasteiger partial charge in [0.05, 0.1) is 6.54 Å². The average Bonchev–Trinajstić information content (AvgIpc) is 2.31. The van der Waals surface area contributed by atoms with Gasteiger partial charge in [0.2, 0.25) is 6.08 Å². The number of amides is 2. The molecule has 0 aliphatic heterocycles. The number of hydrogen-bond donors (Lipinski definition) is 3. The largest absolute Gasteiger partial charge is 0.337 e. The van der Waals surface area contributed by atoms with Gasteiger partial charge in [-0.3, -0.25) is 0 Å². The van der Waals surface area contributed by atoms with E-state index < -0.39 is 0 Å².